The molecule has 1 aromatic heterocycles. The topological polar surface area (TPSA) is 59.4 Å². The Morgan fingerprint density at radius 3 is 2.75 bits per heavy atom. The number of carbonyl (C=O) groups excluding carboxylic acids is 1. The van der Waals surface area contributed by atoms with Gasteiger partial charge in [-0.15, -0.1) is 0 Å². The van der Waals surface area contributed by atoms with Gasteiger partial charge < -0.3 is 9.84 Å². The molecule has 4 nitrogen and oxygen atoms in total. The maximum absolute atomic E-state index is 12.5. The molecule has 0 amide bonds. The molecule has 16 heavy (non-hydrogen) atoms. The van der Waals surface area contributed by atoms with Gasteiger partial charge in [0.1, 0.15) is 17.1 Å². The third-order valence-corrected chi connectivity index (χ3v) is 1.90. The molecule has 0 saturated heterocycles. The summed E-state index contributed by atoms with van der Waals surface area (Å²) in [5, 5.41) is 9.31. The largest absolute Gasteiger partial charge is 0.506 e. The first-order valence-corrected chi connectivity index (χ1v) is 4.63. The average molecular weight is 231 g/mol. The van der Waals surface area contributed by atoms with Gasteiger partial charge in [0.2, 0.25) is 0 Å². The Morgan fingerprint density at radius 1 is 1.62 bits per heavy atom. The lowest BCUT2D eigenvalue weighted by atomic mass is 10.2. The molecule has 0 aliphatic heterocycles. The van der Waals surface area contributed by atoms with Crippen LogP contribution < -0.4 is 0 Å². The lowest BCUT2D eigenvalue weighted by Gasteiger charge is -2.08. The highest BCUT2D eigenvalue weighted by atomic mass is 19.3. The second-order valence-corrected chi connectivity index (χ2v) is 3.08. The number of hydrogen-bond acceptors (Lipinski definition) is 4. The zero-order valence-corrected chi connectivity index (χ0v) is 8.83. The zero-order valence-electron chi connectivity index (χ0n) is 8.83. The Morgan fingerprint density at radius 2 is 2.25 bits per heavy atom. The summed E-state index contributed by atoms with van der Waals surface area (Å²) in [5.41, 5.74) is -0.871. The van der Waals surface area contributed by atoms with E-state index in [2.05, 4.69) is 9.72 Å². The summed E-state index contributed by atoms with van der Waals surface area (Å²) in [6, 6.07) is 1.21. The summed E-state index contributed by atoms with van der Waals surface area (Å²) in [4.78, 5) is 14.6. The maximum Gasteiger partial charge on any atom is 0.356 e. The van der Waals surface area contributed by atoms with E-state index in [9.17, 15) is 18.7 Å². The fourth-order valence-corrected chi connectivity index (χ4v) is 1.15. The van der Waals surface area contributed by atoms with Crippen LogP contribution in [0.25, 0.3) is 0 Å². The van der Waals surface area contributed by atoms with E-state index in [1.165, 1.54) is 13.0 Å². The normalized spacial score (nSPS) is 10.6. The molecule has 0 saturated carbocycles. The van der Waals surface area contributed by atoms with Crippen molar-refractivity contribution in [2.75, 3.05) is 6.61 Å². The van der Waals surface area contributed by atoms with Crippen LogP contribution in [0.2, 0.25) is 0 Å². The quantitative estimate of drug-likeness (QED) is 0.810. The standard InChI is InChI=1S/C10H11F2NO3/c1-3-16-10(15)6-4-5(2)8(14)7(13-6)9(11)12/h4,9,14H,3H2,1-2H3. The molecule has 0 bridgehead atoms. The van der Waals surface area contributed by atoms with Crippen LogP contribution in [0.1, 0.15) is 35.1 Å². The van der Waals surface area contributed by atoms with Crippen molar-refractivity contribution in [1.29, 1.82) is 0 Å². The van der Waals surface area contributed by atoms with Crippen molar-refractivity contribution in [3.63, 3.8) is 0 Å². The van der Waals surface area contributed by atoms with Gasteiger partial charge in [0.05, 0.1) is 6.61 Å². The van der Waals surface area contributed by atoms with Gasteiger partial charge in [0.15, 0.2) is 0 Å². The van der Waals surface area contributed by atoms with Crippen LogP contribution in [0.3, 0.4) is 0 Å². The zero-order chi connectivity index (χ0) is 12.3. The SMILES string of the molecule is CCOC(=O)c1cc(C)c(O)c(C(F)F)n1. The number of aromatic nitrogens is 1. The average Bonchev–Trinajstić information content (AvgIpc) is 2.21. The molecule has 1 heterocycles. The third-order valence-electron chi connectivity index (χ3n) is 1.90. The van der Waals surface area contributed by atoms with Gasteiger partial charge in [-0.1, -0.05) is 0 Å². The number of alkyl halides is 2. The Balaban J connectivity index is 3.18. The summed E-state index contributed by atoms with van der Waals surface area (Å²) in [7, 11) is 0. The number of aromatic hydroxyl groups is 1. The fraction of sp³-hybridized carbons (Fsp3) is 0.400. The van der Waals surface area contributed by atoms with Gasteiger partial charge in [0.25, 0.3) is 6.43 Å². The molecule has 1 aromatic rings. The second-order valence-electron chi connectivity index (χ2n) is 3.08. The van der Waals surface area contributed by atoms with Gasteiger partial charge in [-0.3, -0.25) is 0 Å². The van der Waals surface area contributed by atoms with Crippen molar-refractivity contribution in [1.82, 2.24) is 4.98 Å². The number of ether oxygens (including phenoxy) is 1. The van der Waals surface area contributed by atoms with E-state index >= 15 is 0 Å². The van der Waals surface area contributed by atoms with Gasteiger partial charge in [0, 0.05) is 0 Å². The fourth-order valence-electron chi connectivity index (χ4n) is 1.15. The van der Waals surface area contributed by atoms with Crippen LogP contribution in [0.5, 0.6) is 5.75 Å². The minimum absolute atomic E-state index is 0.129. The molecule has 88 valence electrons. The monoisotopic (exact) mass is 231 g/mol. The lowest BCUT2D eigenvalue weighted by Crippen LogP contribution is -2.09. The molecule has 0 fully saturated rings. The van der Waals surface area contributed by atoms with Gasteiger partial charge in [-0.25, -0.2) is 18.6 Å². The summed E-state index contributed by atoms with van der Waals surface area (Å²) in [6.45, 7) is 3.13. The number of pyridine rings is 1. The van der Waals surface area contributed by atoms with Gasteiger partial charge in [-0.2, -0.15) is 0 Å². The summed E-state index contributed by atoms with van der Waals surface area (Å²) >= 11 is 0. The van der Waals surface area contributed by atoms with Crippen LogP contribution in [-0.4, -0.2) is 22.7 Å². The highest BCUT2D eigenvalue weighted by Gasteiger charge is 2.20. The predicted octanol–water partition coefficient (Wildman–Crippen LogP) is 2.21. The van der Waals surface area contributed by atoms with Gasteiger partial charge >= 0.3 is 5.97 Å². The van der Waals surface area contributed by atoms with E-state index in [1.807, 2.05) is 0 Å². The van der Waals surface area contributed by atoms with Crippen LogP contribution in [0.15, 0.2) is 6.07 Å². The van der Waals surface area contributed by atoms with Crippen molar-refractivity contribution in [2.24, 2.45) is 0 Å². The van der Waals surface area contributed by atoms with Crippen LogP contribution in [0, 0.1) is 6.92 Å². The Labute approximate surface area is 90.9 Å². The van der Waals surface area contributed by atoms with Crippen LogP contribution in [0.4, 0.5) is 8.78 Å². The molecule has 0 spiro atoms. The molecule has 0 unspecified atom stereocenters. The molecule has 0 radical (unpaired) electrons. The first-order valence-electron chi connectivity index (χ1n) is 4.63. The van der Waals surface area contributed by atoms with Crippen LogP contribution >= 0.6 is 0 Å². The minimum Gasteiger partial charge on any atom is -0.506 e. The molecule has 1 rings (SSSR count). The summed E-state index contributed by atoms with van der Waals surface area (Å²) in [5.74, 6) is -1.38. The number of rotatable bonds is 3. The smallest absolute Gasteiger partial charge is 0.356 e. The van der Waals surface area contributed by atoms with Gasteiger partial charge in [-0.05, 0) is 25.5 Å². The van der Waals surface area contributed by atoms with E-state index in [4.69, 9.17) is 0 Å². The second kappa shape index (κ2) is 4.87. The summed E-state index contributed by atoms with van der Waals surface area (Å²) in [6.07, 6.45) is -2.94. The number of hydrogen-bond donors (Lipinski definition) is 1. The number of esters is 1. The molecular weight excluding hydrogens is 220 g/mol. The predicted molar refractivity (Wildman–Crippen MR) is 51.6 cm³/mol. The van der Waals surface area contributed by atoms with Crippen molar-refractivity contribution in [3.8, 4) is 5.75 Å². The first-order chi connectivity index (χ1) is 7.47. The molecule has 6 heteroatoms. The van der Waals surface area contributed by atoms with Crippen LogP contribution in [-0.2, 0) is 4.74 Å². The van der Waals surface area contributed by atoms with Crippen molar-refractivity contribution >= 4 is 5.97 Å². The van der Waals surface area contributed by atoms with Crippen molar-refractivity contribution < 1.29 is 23.4 Å². The maximum atomic E-state index is 12.5. The van der Waals surface area contributed by atoms with Crippen molar-refractivity contribution in [2.45, 2.75) is 20.3 Å². The lowest BCUT2D eigenvalue weighted by molar-refractivity contribution is 0.0517. The highest BCUT2D eigenvalue weighted by Crippen LogP contribution is 2.29. The Hall–Kier alpha value is -1.72. The Kier molecular flexibility index (Phi) is 3.76. The van der Waals surface area contributed by atoms with E-state index in [0.29, 0.717) is 0 Å². The summed E-state index contributed by atoms with van der Waals surface area (Å²) < 4.78 is 29.6. The molecule has 1 N–H and O–H groups in total. The number of nitrogens with zero attached hydrogens (tertiary/aromatic N) is 1. The molecular formula is C10H11F2NO3. The molecule has 0 aliphatic rings. The Bertz CT molecular complexity index is 407. The third kappa shape index (κ3) is 2.44. The van der Waals surface area contributed by atoms with E-state index in [1.54, 1.807) is 6.92 Å². The van der Waals surface area contributed by atoms with E-state index in [0.717, 1.165) is 0 Å². The number of carbonyl (C=O) groups is 1. The minimum atomic E-state index is -2.94. The van der Waals surface area contributed by atoms with E-state index < -0.39 is 23.8 Å². The molecule has 0 aliphatic carbocycles. The highest BCUT2D eigenvalue weighted by molar-refractivity contribution is 5.87. The number of halogens is 2. The molecule has 0 aromatic carbocycles. The van der Waals surface area contributed by atoms with Crippen molar-refractivity contribution in [3.05, 3.63) is 23.0 Å². The number of aryl methyl sites for hydroxylation is 1. The van der Waals surface area contributed by atoms with E-state index in [-0.39, 0.29) is 17.9 Å². The molecule has 0 atom stereocenters. The first kappa shape index (κ1) is 12.4.